The predicted molar refractivity (Wildman–Crippen MR) is 65.0 cm³/mol. The fourth-order valence-electron chi connectivity index (χ4n) is 2.63. The molecule has 0 saturated carbocycles. The van der Waals surface area contributed by atoms with E-state index in [2.05, 4.69) is 40.1 Å². The van der Waals surface area contributed by atoms with E-state index < -0.39 is 0 Å². The molecule has 0 aromatic carbocycles. The topological polar surface area (TPSA) is 21.3 Å². The molecule has 2 nitrogen and oxygen atoms in total. The van der Waals surface area contributed by atoms with Gasteiger partial charge in [-0.3, -0.25) is 0 Å². The summed E-state index contributed by atoms with van der Waals surface area (Å²) in [6, 6.07) is 0.588. The molecule has 1 saturated heterocycles. The Hall–Kier alpha value is -0.0800. The normalized spacial score (nSPS) is 30.8. The summed E-state index contributed by atoms with van der Waals surface area (Å²) in [4.78, 5) is 0. The summed E-state index contributed by atoms with van der Waals surface area (Å²) in [6.45, 7) is 9.10. The average molecular weight is 213 g/mol. The Morgan fingerprint density at radius 1 is 1.27 bits per heavy atom. The monoisotopic (exact) mass is 213 g/mol. The van der Waals surface area contributed by atoms with Crippen LogP contribution >= 0.6 is 0 Å². The van der Waals surface area contributed by atoms with Crippen LogP contribution in [0.4, 0.5) is 0 Å². The SMILES string of the molecule is CNC(C)C(CC1CCC(C)O1)C(C)C. The zero-order valence-corrected chi connectivity index (χ0v) is 10.9. The first-order chi connectivity index (χ1) is 7.04. The summed E-state index contributed by atoms with van der Waals surface area (Å²) in [5.41, 5.74) is 0. The van der Waals surface area contributed by atoms with Gasteiger partial charge < -0.3 is 10.1 Å². The quantitative estimate of drug-likeness (QED) is 0.758. The third-order valence-electron chi connectivity index (χ3n) is 3.81. The molecule has 0 amide bonds. The van der Waals surface area contributed by atoms with Gasteiger partial charge in [0.15, 0.2) is 0 Å². The smallest absolute Gasteiger partial charge is 0.0583 e. The van der Waals surface area contributed by atoms with Crippen molar-refractivity contribution in [2.75, 3.05) is 7.05 Å². The molecule has 1 aliphatic rings. The molecule has 4 unspecified atom stereocenters. The van der Waals surface area contributed by atoms with Crippen molar-refractivity contribution in [1.29, 1.82) is 0 Å². The molecule has 0 aromatic rings. The van der Waals surface area contributed by atoms with Crippen LogP contribution < -0.4 is 5.32 Å². The summed E-state index contributed by atoms with van der Waals surface area (Å²) in [7, 11) is 2.05. The van der Waals surface area contributed by atoms with Gasteiger partial charge in [-0.15, -0.1) is 0 Å². The zero-order valence-electron chi connectivity index (χ0n) is 10.9. The minimum atomic E-state index is 0.479. The van der Waals surface area contributed by atoms with Crippen LogP contribution in [0.2, 0.25) is 0 Å². The summed E-state index contributed by atoms with van der Waals surface area (Å²) in [5, 5.41) is 3.38. The molecular formula is C13H27NO. The number of hydrogen-bond acceptors (Lipinski definition) is 2. The van der Waals surface area contributed by atoms with Gasteiger partial charge in [0.1, 0.15) is 0 Å². The summed E-state index contributed by atoms with van der Waals surface area (Å²) >= 11 is 0. The average Bonchev–Trinajstić information content (AvgIpc) is 2.59. The van der Waals surface area contributed by atoms with E-state index in [-0.39, 0.29) is 0 Å². The van der Waals surface area contributed by atoms with Gasteiger partial charge >= 0.3 is 0 Å². The van der Waals surface area contributed by atoms with E-state index in [1.54, 1.807) is 0 Å². The molecule has 0 aromatic heterocycles. The lowest BCUT2D eigenvalue weighted by atomic mass is 9.84. The maximum Gasteiger partial charge on any atom is 0.0583 e. The molecule has 1 rings (SSSR count). The van der Waals surface area contributed by atoms with Crippen LogP contribution in [0.5, 0.6) is 0 Å². The van der Waals surface area contributed by atoms with Crippen LogP contribution in [0.1, 0.15) is 47.0 Å². The molecule has 0 bridgehead atoms. The fourth-order valence-corrected chi connectivity index (χ4v) is 2.63. The van der Waals surface area contributed by atoms with Gasteiger partial charge in [0, 0.05) is 6.04 Å². The lowest BCUT2D eigenvalue weighted by molar-refractivity contribution is 0.0319. The first-order valence-electron chi connectivity index (χ1n) is 6.37. The van der Waals surface area contributed by atoms with Crippen LogP contribution in [-0.4, -0.2) is 25.3 Å². The Morgan fingerprint density at radius 3 is 2.33 bits per heavy atom. The number of nitrogens with one attached hydrogen (secondary N) is 1. The van der Waals surface area contributed by atoms with E-state index in [0.717, 1.165) is 11.8 Å². The van der Waals surface area contributed by atoms with Crippen molar-refractivity contribution in [2.45, 2.75) is 65.2 Å². The van der Waals surface area contributed by atoms with Crippen LogP contribution in [0, 0.1) is 11.8 Å². The van der Waals surface area contributed by atoms with Crippen LogP contribution in [0.3, 0.4) is 0 Å². The molecule has 0 aliphatic carbocycles. The number of hydrogen-bond donors (Lipinski definition) is 1. The van der Waals surface area contributed by atoms with Crippen molar-refractivity contribution in [3.05, 3.63) is 0 Å². The minimum Gasteiger partial charge on any atom is -0.375 e. The van der Waals surface area contributed by atoms with E-state index in [0.29, 0.717) is 18.2 Å². The molecule has 0 spiro atoms. The Morgan fingerprint density at radius 2 is 1.93 bits per heavy atom. The molecule has 90 valence electrons. The van der Waals surface area contributed by atoms with E-state index >= 15 is 0 Å². The van der Waals surface area contributed by atoms with Crippen molar-refractivity contribution >= 4 is 0 Å². The van der Waals surface area contributed by atoms with Gasteiger partial charge in [0.25, 0.3) is 0 Å². The van der Waals surface area contributed by atoms with Crippen LogP contribution in [-0.2, 0) is 4.74 Å². The second kappa shape index (κ2) is 5.86. The predicted octanol–water partition coefficient (Wildman–Crippen LogP) is 2.82. The van der Waals surface area contributed by atoms with Crippen molar-refractivity contribution in [2.24, 2.45) is 11.8 Å². The van der Waals surface area contributed by atoms with Crippen molar-refractivity contribution in [3.8, 4) is 0 Å². The Labute approximate surface area is 94.8 Å². The summed E-state index contributed by atoms with van der Waals surface area (Å²) < 4.78 is 5.91. The van der Waals surface area contributed by atoms with E-state index in [9.17, 15) is 0 Å². The maximum absolute atomic E-state index is 5.91. The van der Waals surface area contributed by atoms with Gasteiger partial charge in [0.05, 0.1) is 12.2 Å². The first kappa shape index (κ1) is 13.0. The van der Waals surface area contributed by atoms with Crippen molar-refractivity contribution in [3.63, 3.8) is 0 Å². The highest BCUT2D eigenvalue weighted by Gasteiger charge is 2.28. The first-order valence-corrected chi connectivity index (χ1v) is 6.37. The second-order valence-corrected chi connectivity index (χ2v) is 5.37. The highest BCUT2D eigenvalue weighted by atomic mass is 16.5. The Kier molecular flexibility index (Phi) is 5.07. The van der Waals surface area contributed by atoms with E-state index in [1.807, 2.05) is 0 Å². The molecule has 0 radical (unpaired) electrons. The molecule has 1 heterocycles. The highest BCUT2D eigenvalue weighted by molar-refractivity contribution is 4.80. The largest absolute Gasteiger partial charge is 0.375 e. The Bertz CT molecular complexity index is 181. The second-order valence-electron chi connectivity index (χ2n) is 5.37. The third kappa shape index (κ3) is 3.76. The number of ether oxygens (including phenoxy) is 1. The lowest BCUT2D eigenvalue weighted by Crippen LogP contribution is -2.36. The molecule has 4 atom stereocenters. The molecular weight excluding hydrogens is 186 g/mol. The lowest BCUT2D eigenvalue weighted by Gasteiger charge is -2.29. The van der Waals surface area contributed by atoms with Crippen LogP contribution in [0.15, 0.2) is 0 Å². The molecule has 1 N–H and O–H groups in total. The van der Waals surface area contributed by atoms with Crippen molar-refractivity contribution in [1.82, 2.24) is 5.32 Å². The number of rotatable bonds is 5. The maximum atomic E-state index is 5.91. The van der Waals surface area contributed by atoms with Gasteiger partial charge in [-0.1, -0.05) is 13.8 Å². The van der Waals surface area contributed by atoms with E-state index in [1.165, 1.54) is 19.3 Å². The summed E-state index contributed by atoms with van der Waals surface area (Å²) in [6.07, 6.45) is 4.68. The fraction of sp³-hybridized carbons (Fsp3) is 1.00. The third-order valence-corrected chi connectivity index (χ3v) is 3.81. The zero-order chi connectivity index (χ0) is 11.4. The molecule has 15 heavy (non-hydrogen) atoms. The van der Waals surface area contributed by atoms with Gasteiger partial charge in [-0.05, 0) is 52.0 Å². The standard InChI is InChI=1S/C13H27NO/c1-9(2)13(11(4)14-5)8-12-7-6-10(3)15-12/h9-14H,6-8H2,1-5H3. The molecule has 1 fully saturated rings. The van der Waals surface area contributed by atoms with Gasteiger partial charge in [-0.2, -0.15) is 0 Å². The Balaban J connectivity index is 2.44. The molecule has 2 heteroatoms. The van der Waals surface area contributed by atoms with E-state index in [4.69, 9.17) is 4.74 Å². The van der Waals surface area contributed by atoms with Crippen molar-refractivity contribution < 1.29 is 4.74 Å². The highest BCUT2D eigenvalue weighted by Crippen LogP contribution is 2.29. The van der Waals surface area contributed by atoms with Gasteiger partial charge in [0.2, 0.25) is 0 Å². The molecule has 1 aliphatic heterocycles. The van der Waals surface area contributed by atoms with Gasteiger partial charge in [-0.25, -0.2) is 0 Å². The van der Waals surface area contributed by atoms with Crippen LogP contribution in [0.25, 0.3) is 0 Å². The minimum absolute atomic E-state index is 0.479. The summed E-state index contributed by atoms with van der Waals surface area (Å²) in [5.74, 6) is 1.46.